The number of pyridine rings is 1. The Morgan fingerprint density at radius 2 is 2.50 bits per heavy atom. The third kappa shape index (κ3) is 2.73. The second kappa shape index (κ2) is 5.21. The van der Waals surface area contributed by atoms with Gasteiger partial charge in [-0.25, -0.2) is 4.79 Å². The number of rotatable bonds is 4. The van der Waals surface area contributed by atoms with Gasteiger partial charge in [0.2, 0.25) is 0 Å². The Labute approximate surface area is 83.3 Å². The predicted molar refractivity (Wildman–Crippen MR) is 54.0 cm³/mol. The molecule has 0 radical (unpaired) electrons. The van der Waals surface area contributed by atoms with Crippen molar-refractivity contribution in [3.63, 3.8) is 0 Å². The van der Waals surface area contributed by atoms with Crippen LogP contribution in [-0.4, -0.2) is 24.1 Å². The van der Waals surface area contributed by atoms with Gasteiger partial charge in [-0.2, -0.15) is 0 Å². The molecule has 76 valence electrons. The molecule has 4 heteroatoms. The van der Waals surface area contributed by atoms with Gasteiger partial charge >= 0.3 is 5.97 Å². The molecule has 14 heavy (non-hydrogen) atoms. The van der Waals surface area contributed by atoms with E-state index in [1.807, 2.05) is 19.1 Å². The van der Waals surface area contributed by atoms with E-state index in [0.717, 1.165) is 5.69 Å². The van der Waals surface area contributed by atoms with Crippen LogP contribution in [0.4, 0.5) is 5.69 Å². The standard InChI is InChI=1S/C10H14N2O2/c1-3-9(10(13)14-2)12-8-5-4-6-11-7-8/h4-7,9,12H,3H2,1-2H3. The van der Waals surface area contributed by atoms with Gasteiger partial charge < -0.3 is 10.1 Å². The number of esters is 1. The van der Waals surface area contributed by atoms with E-state index in [1.165, 1.54) is 7.11 Å². The first kappa shape index (κ1) is 10.5. The lowest BCUT2D eigenvalue weighted by Crippen LogP contribution is -2.29. The molecule has 0 bridgehead atoms. The van der Waals surface area contributed by atoms with E-state index in [9.17, 15) is 4.79 Å². The van der Waals surface area contributed by atoms with Gasteiger partial charge in [-0.1, -0.05) is 6.92 Å². The fourth-order valence-corrected chi connectivity index (χ4v) is 1.12. The SMILES string of the molecule is CCC(Nc1cccnc1)C(=O)OC. The molecular formula is C10H14N2O2. The summed E-state index contributed by atoms with van der Waals surface area (Å²) in [6, 6.07) is 3.37. The lowest BCUT2D eigenvalue weighted by atomic mass is 10.2. The second-order valence-corrected chi connectivity index (χ2v) is 2.87. The number of aromatic nitrogens is 1. The Hall–Kier alpha value is -1.58. The average molecular weight is 194 g/mol. The Morgan fingerprint density at radius 3 is 3.00 bits per heavy atom. The van der Waals surface area contributed by atoms with Gasteiger partial charge in [0.1, 0.15) is 6.04 Å². The summed E-state index contributed by atoms with van der Waals surface area (Å²) >= 11 is 0. The maximum atomic E-state index is 11.2. The molecule has 4 nitrogen and oxygen atoms in total. The van der Waals surface area contributed by atoms with E-state index in [2.05, 4.69) is 15.0 Å². The number of carbonyl (C=O) groups is 1. The van der Waals surface area contributed by atoms with Crippen LogP contribution in [0.5, 0.6) is 0 Å². The third-order valence-electron chi connectivity index (χ3n) is 1.90. The topological polar surface area (TPSA) is 51.2 Å². The van der Waals surface area contributed by atoms with Crippen molar-refractivity contribution in [2.24, 2.45) is 0 Å². The Morgan fingerprint density at radius 1 is 1.71 bits per heavy atom. The van der Waals surface area contributed by atoms with Crippen LogP contribution in [0.3, 0.4) is 0 Å². The maximum Gasteiger partial charge on any atom is 0.328 e. The van der Waals surface area contributed by atoms with Gasteiger partial charge in [0.25, 0.3) is 0 Å². The van der Waals surface area contributed by atoms with Crippen molar-refractivity contribution in [1.82, 2.24) is 4.98 Å². The zero-order chi connectivity index (χ0) is 10.4. The van der Waals surface area contributed by atoms with E-state index < -0.39 is 0 Å². The maximum absolute atomic E-state index is 11.2. The summed E-state index contributed by atoms with van der Waals surface area (Å²) in [6.07, 6.45) is 4.04. The zero-order valence-electron chi connectivity index (χ0n) is 8.36. The molecule has 0 aliphatic heterocycles. The molecule has 1 unspecified atom stereocenters. The van der Waals surface area contributed by atoms with Crippen molar-refractivity contribution in [3.05, 3.63) is 24.5 Å². The number of ether oxygens (including phenoxy) is 1. The van der Waals surface area contributed by atoms with Gasteiger partial charge in [0.05, 0.1) is 12.8 Å². The average Bonchev–Trinajstić information content (AvgIpc) is 2.26. The quantitative estimate of drug-likeness (QED) is 0.737. The van der Waals surface area contributed by atoms with Gasteiger partial charge in [0, 0.05) is 12.4 Å². The Kier molecular flexibility index (Phi) is 3.91. The molecule has 0 aromatic carbocycles. The number of carbonyl (C=O) groups excluding carboxylic acids is 1. The summed E-state index contributed by atoms with van der Waals surface area (Å²) in [5.74, 6) is -0.253. The van der Waals surface area contributed by atoms with Crippen molar-refractivity contribution >= 4 is 11.7 Å². The second-order valence-electron chi connectivity index (χ2n) is 2.87. The van der Waals surface area contributed by atoms with Crippen molar-refractivity contribution in [3.8, 4) is 0 Å². The highest BCUT2D eigenvalue weighted by atomic mass is 16.5. The first-order valence-electron chi connectivity index (χ1n) is 4.52. The fraction of sp³-hybridized carbons (Fsp3) is 0.400. The highest BCUT2D eigenvalue weighted by molar-refractivity contribution is 5.78. The number of nitrogens with one attached hydrogen (secondary N) is 1. The lowest BCUT2D eigenvalue weighted by Gasteiger charge is -2.14. The Balaban J connectivity index is 2.62. The van der Waals surface area contributed by atoms with Crippen molar-refractivity contribution < 1.29 is 9.53 Å². The summed E-state index contributed by atoms with van der Waals surface area (Å²) < 4.78 is 4.65. The number of nitrogens with zero attached hydrogens (tertiary/aromatic N) is 1. The van der Waals surface area contributed by atoms with Gasteiger partial charge in [-0.3, -0.25) is 4.98 Å². The molecule has 0 saturated carbocycles. The number of hydrogen-bond acceptors (Lipinski definition) is 4. The fourth-order valence-electron chi connectivity index (χ4n) is 1.12. The lowest BCUT2D eigenvalue weighted by molar-refractivity contribution is -0.141. The molecule has 0 fully saturated rings. The minimum atomic E-state index is -0.302. The summed E-state index contributed by atoms with van der Waals surface area (Å²) in [5.41, 5.74) is 0.824. The van der Waals surface area contributed by atoms with Crippen molar-refractivity contribution in [2.75, 3.05) is 12.4 Å². The molecule has 1 aromatic rings. The molecule has 1 heterocycles. The largest absolute Gasteiger partial charge is 0.467 e. The minimum absolute atomic E-state index is 0.253. The molecule has 1 rings (SSSR count). The number of hydrogen-bond donors (Lipinski definition) is 1. The molecular weight excluding hydrogens is 180 g/mol. The predicted octanol–water partition coefficient (Wildman–Crippen LogP) is 1.45. The molecule has 0 aliphatic carbocycles. The van der Waals surface area contributed by atoms with Crippen LogP contribution in [0.2, 0.25) is 0 Å². The zero-order valence-corrected chi connectivity index (χ0v) is 8.36. The summed E-state index contributed by atoms with van der Waals surface area (Å²) in [7, 11) is 1.38. The van der Waals surface area contributed by atoms with E-state index >= 15 is 0 Å². The third-order valence-corrected chi connectivity index (χ3v) is 1.90. The molecule has 0 saturated heterocycles. The van der Waals surface area contributed by atoms with Crippen LogP contribution in [0.1, 0.15) is 13.3 Å². The van der Waals surface area contributed by atoms with E-state index in [1.54, 1.807) is 12.4 Å². The van der Waals surface area contributed by atoms with E-state index in [-0.39, 0.29) is 12.0 Å². The summed E-state index contributed by atoms with van der Waals surface area (Å²) in [5, 5.41) is 3.04. The first-order chi connectivity index (χ1) is 6.77. The van der Waals surface area contributed by atoms with Crippen LogP contribution in [0.25, 0.3) is 0 Å². The van der Waals surface area contributed by atoms with Crippen LogP contribution in [0.15, 0.2) is 24.5 Å². The van der Waals surface area contributed by atoms with Crippen LogP contribution < -0.4 is 5.32 Å². The molecule has 1 N–H and O–H groups in total. The monoisotopic (exact) mass is 194 g/mol. The highest BCUT2D eigenvalue weighted by Crippen LogP contribution is 2.07. The first-order valence-corrected chi connectivity index (χ1v) is 4.52. The van der Waals surface area contributed by atoms with Gasteiger partial charge in [0.15, 0.2) is 0 Å². The smallest absolute Gasteiger partial charge is 0.328 e. The molecule has 0 aliphatic rings. The van der Waals surface area contributed by atoms with Gasteiger partial charge in [-0.15, -0.1) is 0 Å². The molecule has 1 aromatic heterocycles. The van der Waals surface area contributed by atoms with Crippen LogP contribution in [-0.2, 0) is 9.53 Å². The highest BCUT2D eigenvalue weighted by Gasteiger charge is 2.15. The molecule has 0 spiro atoms. The normalized spacial score (nSPS) is 11.9. The van der Waals surface area contributed by atoms with E-state index in [4.69, 9.17) is 0 Å². The molecule has 0 amide bonds. The number of anilines is 1. The van der Waals surface area contributed by atoms with Crippen molar-refractivity contribution in [1.29, 1.82) is 0 Å². The van der Waals surface area contributed by atoms with E-state index in [0.29, 0.717) is 6.42 Å². The minimum Gasteiger partial charge on any atom is -0.467 e. The van der Waals surface area contributed by atoms with Crippen LogP contribution in [0, 0.1) is 0 Å². The molecule has 1 atom stereocenters. The Bertz CT molecular complexity index is 287. The number of methoxy groups -OCH3 is 1. The summed E-state index contributed by atoms with van der Waals surface area (Å²) in [6.45, 7) is 1.92. The van der Waals surface area contributed by atoms with Gasteiger partial charge in [-0.05, 0) is 18.6 Å². The van der Waals surface area contributed by atoms with Crippen LogP contribution >= 0.6 is 0 Å². The van der Waals surface area contributed by atoms with Crippen molar-refractivity contribution in [2.45, 2.75) is 19.4 Å². The summed E-state index contributed by atoms with van der Waals surface area (Å²) in [4.78, 5) is 15.2.